The van der Waals surface area contributed by atoms with Crippen molar-refractivity contribution in [3.8, 4) is 0 Å². The summed E-state index contributed by atoms with van der Waals surface area (Å²) in [6.45, 7) is 5.89. The van der Waals surface area contributed by atoms with Gasteiger partial charge in [0.2, 0.25) is 5.95 Å². The van der Waals surface area contributed by atoms with E-state index in [0.717, 1.165) is 6.42 Å². The molecule has 0 spiro atoms. The third kappa shape index (κ3) is 2.38. The van der Waals surface area contributed by atoms with Crippen molar-refractivity contribution in [3.05, 3.63) is 29.3 Å². The van der Waals surface area contributed by atoms with Crippen LogP contribution in [-0.2, 0) is 5.41 Å². The highest BCUT2D eigenvalue weighted by atomic mass is 19.1. The minimum atomic E-state index is -0.562. The summed E-state index contributed by atoms with van der Waals surface area (Å²) in [5, 5.41) is 2.41. The molecule has 0 atom stereocenters. The highest BCUT2D eigenvalue weighted by Gasteiger charge is 2.23. The Labute approximate surface area is 95.1 Å². The van der Waals surface area contributed by atoms with Gasteiger partial charge in [-0.15, -0.1) is 0 Å². The predicted octanol–water partition coefficient (Wildman–Crippen LogP) is 2.27. The van der Waals surface area contributed by atoms with Crippen LogP contribution in [0.4, 0.5) is 4.39 Å². The molecule has 0 unspecified atom stereocenters. The highest BCUT2D eigenvalue weighted by molar-refractivity contribution is 5.91. The van der Waals surface area contributed by atoms with Crippen molar-refractivity contribution in [1.29, 1.82) is 0 Å². The molecule has 1 heterocycles. The molecule has 0 radical (unpaired) electrons. The molecule has 0 aliphatic heterocycles. The summed E-state index contributed by atoms with van der Waals surface area (Å²) in [5.41, 5.74) is 0.386. The van der Waals surface area contributed by atoms with Crippen LogP contribution < -0.4 is 5.32 Å². The number of nitrogens with zero attached hydrogens (tertiary/aromatic N) is 1. The zero-order chi connectivity index (χ0) is 12.3. The van der Waals surface area contributed by atoms with Crippen LogP contribution >= 0.6 is 0 Å². The van der Waals surface area contributed by atoms with E-state index in [1.165, 1.54) is 7.05 Å². The van der Waals surface area contributed by atoms with Crippen molar-refractivity contribution in [2.24, 2.45) is 0 Å². The summed E-state index contributed by atoms with van der Waals surface area (Å²) < 4.78 is 13.7. The fourth-order valence-corrected chi connectivity index (χ4v) is 1.38. The lowest BCUT2D eigenvalue weighted by Crippen LogP contribution is -2.23. The molecule has 0 saturated carbocycles. The Balaban J connectivity index is 3.15. The average Bonchev–Trinajstić information content (AvgIpc) is 2.27. The van der Waals surface area contributed by atoms with Crippen molar-refractivity contribution in [3.63, 3.8) is 0 Å². The van der Waals surface area contributed by atoms with Crippen molar-refractivity contribution in [2.45, 2.75) is 32.6 Å². The molecule has 1 rings (SSSR count). The normalized spacial score (nSPS) is 11.3. The number of nitrogens with one attached hydrogen (secondary N) is 1. The maximum Gasteiger partial charge on any atom is 0.269 e. The number of amides is 1. The largest absolute Gasteiger partial charge is 0.354 e. The van der Waals surface area contributed by atoms with Gasteiger partial charge in [0.15, 0.2) is 0 Å². The number of hydrogen-bond donors (Lipinski definition) is 1. The second-order valence-electron chi connectivity index (χ2n) is 4.35. The standard InChI is InChI=1S/C12H17FN2O/c1-5-12(2,3)8-6-7-9(11(16)14-4)15-10(8)13/h6-7H,5H2,1-4H3,(H,14,16). The smallest absolute Gasteiger partial charge is 0.269 e. The van der Waals surface area contributed by atoms with Crippen molar-refractivity contribution >= 4 is 5.91 Å². The predicted molar refractivity (Wildman–Crippen MR) is 60.9 cm³/mol. The Morgan fingerprint density at radius 1 is 1.50 bits per heavy atom. The van der Waals surface area contributed by atoms with Crippen molar-refractivity contribution < 1.29 is 9.18 Å². The molecule has 16 heavy (non-hydrogen) atoms. The third-order valence-electron chi connectivity index (χ3n) is 2.92. The second kappa shape index (κ2) is 4.60. The Bertz CT molecular complexity index is 402. The number of pyridine rings is 1. The van der Waals surface area contributed by atoms with E-state index < -0.39 is 5.95 Å². The highest BCUT2D eigenvalue weighted by Crippen LogP contribution is 2.28. The molecule has 0 fully saturated rings. The molecule has 0 aliphatic carbocycles. The zero-order valence-electron chi connectivity index (χ0n) is 10.1. The molecule has 0 bridgehead atoms. The van der Waals surface area contributed by atoms with E-state index in [1.54, 1.807) is 12.1 Å². The van der Waals surface area contributed by atoms with Crippen molar-refractivity contribution in [2.75, 3.05) is 7.05 Å². The topological polar surface area (TPSA) is 42.0 Å². The number of hydrogen-bond acceptors (Lipinski definition) is 2. The van der Waals surface area contributed by atoms with Gasteiger partial charge in [-0.2, -0.15) is 4.39 Å². The van der Waals surface area contributed by atoms with Gasteiger partial charge in [-0.05, 0) is 17.9 Å². The van der Waals surface area contributed by atoms with Crippen LogP contribution in [0.1, 0.15) is 43.2 Å². The van der Waals surface area contributed by atoms with Gasteiger partial charge in [-0.3, -0.25) is 4.79 Å². The molecule has 1 amide bonds. The van der Waals surface area contributed by atoms with E-state index in [2.05, 4.69) is 10.3 Å². The molecular formula is C12H17FN2O. The molecule has 1 N–H and O–H groups in total. The maximum atomic E-state index is 13.7. The van der Waals surface area contributed by atoms with Crippen molar-refractivity contribution in [1.82, 2.24) is 10.3 Å². The van der Waals surface area contributed by atoms with Gasteiger partial charge < -0.3 is 5.32 Å². The second-order valence-corrected chi connectivity index (χ2v) is 4.35. The molecule has 4 heteroatoms. The lowest BCUT2D eigenvalue weighted by atomic mass is 9.83. The molecule has 0 saturated heterocycles. The van der Waals surface area contributed by atoms with Gasteiger partial charge in [-0.25, -0.2) is 4.98 Å². The summed E-state index contributed by atoms with van der Waals surface area (Å²) in [5.74, 6) is -0.937. The first-order chi connectivity index (χ1) is 7.42. The number of carbonyl (C=O) groups excluding carboxylic acids is 1. The molecule has 0 aliphatic rings. The average molecular weight is 224 g/mol. The van der Waals surface area contributed by atoms with Gasteiger partial charge >= 0.3 is 0 Å². The van der Waals surface area contributed by atoms with Gasteiger partial charge in [0.25, 0.3) is 5.91 Å². The van der Waals surface area contributed by atoms with Crippen LogP contribution in [0, 0.1) is 5.95 Å². The minimum absolute atomic E-state index is 0.107. The Morgan fingerprint density at radius 3 is 2.56 bits per heavy atom. The van der Waals surface area contributed by atoms with Crippen LogP contribution in [0.3, 0.4) is 0 Å². The lowest BCUT2D eigenvalue weighted by molar-refractivity contribution is 0.0957. The van der Waals surface area contributed by atoms with Crippen LogP contribution in [0.5, 0.6) is 0 Å². The first-order valence-electron chi connectivity index (χ1n) is 5.31. The van der Waals surface area contributed by atoms with E-state index in [0.29, 0.717) is 5.56 Å². The summed E-state index contributed by atoms with van der Waals surface area (Å²) in [7, 11) is 1.49. The van der Waals surface area contributed by atoms with Crippen LogP contribution in [-0.4, -0.2) is 17.9 Å². The van der Waals surface area contributed by atoms with E-state index in [-0.39, 0.29) is 17.0 Å². The van der Waals surface area contributed by atoms with Crippen LogP contribution in [0.25, 0.3) is 0 Å². The summed E-state index contributed by atoms with van der Waals surface area (Å²) in [4.78, 5) is 14.9. The molecule has 1 aromatic rings. The minimum Gasteiger partial charge on any atom is -0.354 e. The SMILES string of the molecule is CCC(C)(C)c1ccc(C(=O)NC)nc1F. The Kier molecular flexibility index (Phi) is 3.62. The quantitative estimate of drug-likeness (QED) is 0.800. The fraction of sp³-hybridized carbons (Fsp3) is 0.500. The van der Waals surface area contributed by atoms with E-state index in [4.69, 9.17) is 0 Å². The monoisotopic (exact) mass is 224 g/mol. The number of halogens is 1. The van der Waals surface area contributed by atoms with E-state index in [9.17, 15) is 9.18 Å². The Morgan fingerprint density at radius 2 is 2.12 bits per heavy atom. The third-order valence-corrected chi connectivity index (χ3v) is 2.92. The van der Waals surface area contributed by atoms with Gasteiger partial charge in [0.1, 0.15) is 5.69 Å². The molecule has 1 aromatic heterocycles. The molecule has 3 nitrogen and oxygen atoms in total. The summed E-state index contributed by atoms with van der Waals surface area (Å²) in [6.07, 6.45) is 0.810. The summed E-state index contributed by atoms with van der Waals surface area (Å²) in [6, 6.07) is 3.19. The molecule has 88 valence electrons. The molecular weight excluding hydrogens is 207 g/mol. The zero-order valence-corrected chi connectivity index (χ0v) is 10.1. The van der Waals surface area contributed by atoms with Crippen LogP contribution in [0.15, 0.2) is 12.1 Å². The Hall–Kier alpha value is -1.45. The van der Waals surface area contributed by atoms with Gasteiger partial charge in [0, 0.05) is 12.6 Å². The van der Waals surface area contributed by atoms with Gasteiger partial charge in [-0.1, -0.05) is 26.8 Å². The lowest BCUT2D eigenvalue weighted by Gasteiger charge is -2.23. The van der Waals surface area contributed by atoms with E-state index >= 15 is 0 Å². The number of carbonyl (C=O) groups is 1. The first kappa shape index (κ1) is 12.6. The number of aromatic nitrogens is 1. The van der Waals surface area contributed by atoms with Gasteiger partial charge in [0.05, 0.1) is 0 Å². The summed E-state index contributed by atoms with van der Waals surface area (Å²) >= 11 is 0. The molecule has 0 aromatic carbocycles. The fourth-order valence-electron chi connectivity index (χ4n) is 1.38. The first-order valence-corrected chi connectivity index (χ1v) is 5.31. The van der Waals surface area contributed by atoms with E-state index in [1.807, 2.05) is 20.8 Å². The number of rotatable bonds is 3. The maximum absolute atomic E-state index is 13.7. The van der Waals surface area contributed by atoms with Crippen LogP contribution in [0.2, 0.25) is 0 Å².